The number of nitrogens with zero attached hydrogens (tertiary/aromatic N) is 3. The van der Waals surface area contributed by atoms with Crippen molar-refractivity contribution < 1.29 is 5.48 Å². The van der Waals surface area contributed by atoms with Gasteiger partial charge in [0.25, 0.3) is 5.56 Å². The molecule has 0 spiro atoms. The maximum atomic E-state index is 12.2. The minimum Gasteiger partial charge on any atom is -0.412 e. The average molecular weight is 333 g/mol. The van der Waals surface area contributed by atoms with E-state index in [4.69, 9.17) is 5.73 Å². The second-order valence-electron chi connectivity index (χ2n) is 5.28. The number of anilines is 1. The molecule has 0 atom stereocenters. The standard InChI is InChI=1S/C18H13N5O.H2O/c19-18-22-16-15(17(24)23-18)20-13(11-7-3-1-4-8-11)14(21-16)12-9-5-2-6-10-12;/h1-10H,(H3,19,21,22,23,24);1H2. The van der Waals surface area contributed by atoms with Gasteiger partial charge < -0.3 is 11.2 Å². The van der Waals surface area contributed by atoms with Crippen molar-refractivity contribution in [3.05, 3.63) is 71.0 Å². The number of hydrogen-bond acceptors (Lipinski definition) is 5. The molecule has 4 aromatic rings. The lowest BCUT2D eigenvalue weighted by atomic mass is 10.0. The van der Waals surface area contributed by atoms with Gasteiger partial charge in [0.15, 0.2) is 11.2 Å². The van der Waals surface area contributed by atoms with Gasteiger partial charge in [-0.15, -0.1) is 0 Å². The van der Waals surface area contributed by atoms with E-state index in [1.54, 1.807) is 0 Å². The number of nitrogens with two attached hydrogens (primary N) is 1. The summed E-state index contributed by atoms with van der Waals surface area (Å²) in [6.45, 7) is 0. The Morgan fingerprint density at radius 2 is 1.28 bits per heavy atom. The molecular formula is C18H15N5O2. The molecule has 2 heterocycles. The summed E-state index contributed by atoms with van der Waals surface area (Å²) in [7, 11) is 0. The minimum absolute atomic E-state index is 0. The number of aromatic nitrogens is 4. The van der Waals surface area contributed by atoms with Crippen molar-refractivity contribution in [2.45, 2.75) is 0 Å². The lowest BCUT2D eigenvalue weighted by molar-refractivity contribution is 0.824. The van der Waals surface area contributed by atoms with E-state index >= 15 is 0 Å². The van der Waals surface area contributed by atoms with E-state index in [0.717, 1.165) is 11.1 Å². The molecular weight excluding hydrogens is 318 g/mol. The van der Waals surface area contributed by atoms with Crippen molar-refractivity contribution in [1.29, 1.82) is 0 Å². The van der Waals surface area contributed by atoms with Gasteiger partial charge in [0.1, 0.15) is 0 Å². The molecule has 7 heteroatoms. The highest BCUT2D eigenvalue weighted by Gasteiger charge is 2.15. The highest BCUT2D eigenvalue weighted by atomic mass is 16.1. The van der Waals surface area contributed by atoms with Gasteiger partial charge >= 0.3 is 0 Å². The molecule has 0 unspecified atom stereocenters. The predicted octanol–water partition coefficient (Wildman–Crippen LogP) is 1.80. The van der Waals surface area contributed by atoms with Crippen LogP contribution in [0.1, 0.15) is 0 Å². The lowest BCUT2D eigenvalue weighted by Gasteiger charge is -2.09. The number of benzene rings is 2. The summed E-state index contributed by atoms with van der Waals surface area (Å²) in [5.41, 5.74) is 8.69. The number of rotatable bonds is 2. The Balaban J connectivity index is 0.00000182. The molecule has 7 nitrogen and oxygen atoms in total. The Morgan fingerprint density at radius 3 is 1.84 bits per heavy atom. The molecule has 5 N–H and O–H groups in total. The van der Waals surface area contributed by atoms with E-state index in [9.17, 15) is 4.79 Å². The normalized spacial score (nSPS) is 10.4. The summed E-state index contributed by atoms with van der Waals surface area (Å²) >= 11 is 0. The fraction of sp³-hybridized carbons (Fsp3) is 0. The van der Waals surface area contributed by atoms with Gasteiger partial charge in [-0.1, -0.05) is 60.7 Å². The van der Waals surface area contributed by atoms with Crippen LogP contribution in [0.5, 0.6) is 0 Å². The van der Waals surface area contributed by atoms with Crippen molar-refractivity contribution >= 4 is 17.1 Å². The summed E-state index contributed by atoms with van der Waals surface area (Å²) in [5, 5.41) is 0. The minimum atomic E-state index is -0.401. The zero-order valence-corrected chi connectivity index (χ0v) is 13.1. The number of nitrogen functional groups attached to an aromatic ring is 1. The highest BCUT2D eigenvalue weighted by Crippen LogP contribution is 2.29. The zero-order chi connectivity index (χ0) is 16.5. The average Bonchev–Trinajstić information content (AvgIpc) is 2.62. The monoisotopic (exact) mass is 333 g/mol. The van der Waals surface area contributed by atoms with Gasteiger partial charge in [-0.05, 0) is 0 Å². The maximum Gasteiger partial charge on any atom is 0.280 e. The number of nitrogens with one attached hydrogen (secondary N) is 1. The fourth-order valence-electron chi connectivity index (χ4n) is 2.57. The third-order valence-corrected chi connectivity index (χ3v) is 3.65. The second-order valence-corrected chi connectivity index (χ2v) is 5.28. The van der Waals surface area contributed by atoms with Gasteiger partial charge in [-0.2, -0.15) is 4.98 Å². The number of H-pyrrole nitrogens is 1. The quantitative estimate of drug-likeness (QED) is 0.578. The van der Waals surface area contributed by atoms with E-state index in [2.05, 4.69) is 19.9 Å². The molecule has 0 aliphatic rings. The summed E-state index contributed by atoms with van der Waals surface area (Å²) in [6.07, 6.45) is 0. The molecule has 0 saturated heterocycles. The first-order valence-electron chi connectivity index (χ1n) is 7.41. The molecule has 4 rings (SSSR count). The topological polar surface area (TPSA) is 129 Å². The largest absolute Gasteiger partial charge is 0.412 e. The van der Waals surface area contributed by atoms with Crippen LogP contribution in [-0.4, -0.2) is 25.4 Å². The Morgan fingerprint density at radius 1 is 0.760 bits per heavy atom. The van der Waals surface area contributed by atoms with Gasteiger partial charge in [-0.3, -0.25) is 9.78 Å². The molecule has 25 heavy (non-hydrogen) atoms. The number of fused-ring (bicyclic) bond motifs is 1. The SMILES string of the molecule is Nc1nc2nc(-c3ccccc3)c(-c3ccccc3)nc2c(=O)[nH]1.O. The van der Waals surface area contributed by atoms with Gasteiger partial charge in [0, 0.05) is 11.1 Å². The molecule has 124 valence electrons. The highest BCUT2D eigenvalue weighted by molar-refractivity contribution is 5.84. The first-order valence-corrected chi connectivity index (χ1v) is 7.41. The van der Waals surface area contributed by atoms with Crippen molar-refractivity contribution in [3.63, 3.8) is 0 Å². The van der Waals surface area contributed by atoms with Crippen LogP contribution in [0.3, 0.4) is 0 Å². The van der Waals surface area contributed by atoms with Crippen LogP contribution in [0.25, 0.3) is 33.7 Å². The Kier molecular flexibility index (Phi) is 4.23. The van der Waals surface area contributed by atoms with Crippen molar-refractivity contribution in [1.82, 2.24) is 19.9 Å². The molecule has 2 aromatic carbocycles. The Bertz CT molecular complexity index is 1080. The van der Waals surface area contributed by atoms with E-state index in [-0.39, 0.29) is 22.6 Å². The van der Waals surface area contributed by atoms with E-state index < -0.39 is 5.56 Å². The van der Waals surface area contributed by atoms with Crippen LogP contribution in [0.15, 0.2) is 65.5 Å². The smallest absolute Gasteiger partial charge is 0.280 e. The van der Waals surface area contributed by atoms with Crippen LogP contribution in [0, 0.1) is 0 Å². The molecule has 0 bridgehead atoms. The number of aromatic amines is 1. The Labute approximate surface area is 142 Å². The van der Waals surface area contributed by atoms with Crippen LogP contribution in [0.2, 0.25) is 0 Å². The second kappa shape index (κ2) is 6.50. The molecule has 0 saturated carbocycles. The van der Waals surface area contributed by atoms with Crippen LogP contribution < -0.4 is 11.3 Å². The van der Waals surface area contributed by atoms with Crippen molar-refractivity contribution in [2.75, 3.05) is 5.73 Å². The van der Waals surface area contributed by atoms with Gasteiger partial charge in [-0.25, -0.2) is 9.97 Å². The van der Waals surface area contributed by atoms with Crippen molar-refractivity contribution in [2.24, 2.45) is 0 Å². The molecule has 0 aliphatic carbocycles. The fourth-order valence-corrected chi connectivity index (χ4v) is 2.57. The summed E-state index contributed by atoms with van der Waals surface area (Å²) in [5.74, 6) is 0.0215. The maximum absolute atomic E-state index is 12.2. The summed E-state index contributed by atoms with van der Waals surface area (Å²) < 4.78 is 0. The first-order chi connectivity index (χ1) is 11.7. The lowest BCUT2D eigenvalue weighted by Crippen LogP contribution is -2.14. The van der Waals surface area contributed by atoms with Crippen LogP contribution in [-0.2, 0) is 0 Å². The molecule has 0 radical (unpaired) electrons. The molecule has 0 aliphatic heterocycles. The molecule has 2 aromatic heterocycles. The van der Waals surface area contributed by atoms with Crippen LogP contribution >= 0.6 is 0 Å². The summed E-state index contributed by atoms with van der Waals surface area (Å²) in [6, 6.07) is 19.3. The Hall–Kier alpha value is -3.58. The van der Waals surface area contributed by atoms with E-state index in [1.165, 1.54) is 0 Å². The third kappa shape index (κ3) is 2.96. The van der Waals surface area contributed by atoms with E-state index in [0.29, 0.717) is 11.4 Å². The zero-order valence-electron chi connectivity index (χ0n) is 13.1. The molecule has 0 fully saturated rings. The third-order valence-electron chi connectivity index (χ3n) is 3.65. The predicted molar refractivity (Wildman–Crippen MR) is 96.9 cm³/mol. The summed E-state index contributed by atoms with van der Waals surface area (Å²) in [4.78, 5) is 27.8. The first kappa shape index (κ1) is 16.3. The number of hydrogen-bond donors (Lipinski definition) is 2. The van der Waals surface area contributed by atoms with Crippen molar-refractivity contribution in [3.8, 4) is 22.5 Å². The van der Waals surface area contributed by atoms with Crippen LogP contribution in [0.4, 0.5) is 5.95 Å². The molecule has 0 amide bonds. The van der Waals surface area contributed by atoms with Gasteiger partial charge in [0.2, 0.25) is 5.95 Å². The van der Waals surface area contributed by atoms with Gasteiger partial charge in [0.05, 0.1) is 11.4 Å². The van der Waals surface area contributed by atoms with E-state index in [1.807, 2.05) is 60.7 Å².